The van der Waals surface area contributed by atoms with Crippen LogP contribution in [0, 0.1) is 5.92 Å². The van der Waals surface area contributed by atoms with Gasteiger partial charge in [-0.15, -0.1) is 11.3 Å². The van der Waals surface area contributed by atoms with Crippen molar-refractivity contribution < 1.29 is 9.59 Å². The molecular formula is C19H29N5O2S. The molecule has 3 fully saturated rings. The summed E-state index contributed by atoms with van der Waals surface area (Å²) in [4.78, 5) is 35.8. The molecule has 3 aliphatic rings. The van der Waals surface area contributed by atoms with Crippen molar-refractivity contribution in [2.75, 3.05) is 26.2 Å². The predicted octanol–water partition coefficient (Wildman–Crippen LogP) is 1.76. The molecule has 1 aromatic heterocycles. The molecule has 148 valence electrons. The molecule has 4 rings (SSSR count). The Morgan fingerprint density at radius 2 is 2.07 bits per heavy atom. The van der Waals surface area contributed by atoms with Crippen molar-refractivity contribution in [1.82, 2.24) is 25.0 Å². The van der Waals surface area contributed by atoms with E-state index >= 15 is 0 Å². The highest BCUT2D eigenvalue weighted by molar-refractivity contribution is 7.09. The third-order valence-electron chi connectivity index (χ3n) is 6.08. The second-order valence-electron chi connectivity index (χ2n) is 8.19. The number of rotatable bonds is 4. The number of thiazole rings is 1. The molecule has 0 saturated carbocycles. The lowest BCUT2D eigenvalue weighted by molar-refractivity contribution is -0.136. The standard InChI is InChI=1S/C19H29N5O2S/c1-13(2)18(25)23-9-5-16-15(11-23)21-19(26)24(16)14-3-7-22(8-4-14)12-17-20-6-10-27-17/h6,10,13-16H,3-5,7-9,11-12H2,1-2H3,(H,21,26). The number of nitrogens with one attached hydrogen (secondary N) is 1. The van der Waals surface area contributed by atoms with Gasteiger partial charge in [-0.05, 0) is 19.3 Å². The minimum atomic E-state index is 0.0110. The highest BCUT2D eigenvalue weighted by Crippen LogP contribution is 2.29. The maximum atomic E-state index is 12.7. The van der Waals surface area contributed by atoms with Crippen LogP contribution in [-0.2, 0) is 11.3 Å². The molecule has 0 aliphatic carbocycles. The van der Waals surface area contributed by atoms with E-state index in [-0.39, 0.29) is 29.9 Å². The number of nitrogens with zero attached hydrogens (tertiary/aromatic N) is 4. The van der Waals surface area contributed by atoms with Crippen LogP contribution in [-0.4, -0.2) is 75.9 Å². The molecule has 1 aromatic rings. The highest BCUT2D eigenvalue weighted by atomic mass is 32.1. The van der Waals surface area contributed by atoms with Gasteiger partial charge in [0.15, 0.2) is 0 Å². The number of urea groups is 1. The van der Waals surface area contributed by atoms with Crippen molar-refractivity contribution in [3.63, 3.8) is 0 Å². The molecule has 0 bridgehead atoms. The number of carbonyl (C=O) groups excluding carboxylic acids is 2. The summed E-state index contributed by atoms with van der Waals surface area (Å²) in [6.07, 6.45) is 4.76. The van der Waals surface area contributed by atoms with Crippen LogP contribution < -0.4 is 5.32 Å². The molecule has 4 heterocycles. The van der Waals surface area contributed by atoms with E-state index in [0.717, 1.165) is 50.4 Å². The van der Waals surface area contributed by atoms with E-state index < -0.39 is 0 Å². The van der Waals surface area contributed by atoms with Gasteiger partial charge >= 0.3 is 6.03 Å². The van der Waals surface area contributed by atoms with Crippen molar-refractivity contribution in [2.24, 2.45) is 5.92 Å². The Balaban J connectivity index is 1.34. The lowest BCUT2D eigenvalue weighted by atomic mass is 9.95. The normalized spacial score (nSPS) is 27.1. The summed E-state index contributed by atoms with van der Waals surface area (Å²) in [6, 6.07) is 0.661. The van der Waals surface area contributed by atoms with Crippen LogP contribution in [0.25, 0.3) is 0 Å². The molecule has 8 heteroatoms. The smallest absolute Gasteiger partial charge is 0.318 e. The van der Waals surface area contributed by atoms with E-state index in [1.54, 1.807) is 11.3 Å². The molecule has 27 heavy (non-hydrogen) atoms. The zero-order valence-electron chi connectivity index (χ0n) is 16.1. The van der Waals surface area contributed by atoms with Gasteiger partial charge in [0, 0.05) is 49.7 Å². The summed E-state index contributed by atoms with van der Waals surface area (Å²) in [6.45, 7) is 8.20. The molecule has 0 aromatic carbocycles. The van der Waals surface area contributed by atoms with Gasteiger partial charge < -0.3 is 15.1 Å². The summed E-state index contributed by atoms with van der Waals surface area (Å²) in [5, 5.41) is 6.33. The van der Waals surface area contributed by atoms with Crippen molar-refractivity contribution in [3.8, 4) is 0 Å². The molecular weight excluding hydrogens is 362 g/mol. The largest absolute Gasteiger partial charge is 0.340 e. The van der Waals surface area contributed by atoms with Gasteiger partial charge in [-0.2, -0.15) is 0 Å². The van der Waals surface area contributed by atoms with Crippen LogP contribution in [0.15, 0.2) is 11.6 Å². The molecule has 0 radical (unpaired) electrons. The van der Waals surface area contributed by atoms with Crippen molar-refractivity contribution in [1.29, 1.82) is 0 Å². The third kappa shape index (κ3) is 3.82. The monoisotopic (exact) mass is 391 g/mol. The quantitative estimate of drug-likeness (QED) is 0.849. The summed E-state index contributed by atoms with van der Waals surface area (Å²) < 4.78 is 0. The Labute approximate surface area is 164 Å². The van der Waals surface area contributed by atoms with Gasteiger partial charge in [0.2, 0.25) is 5.91 Å². The lowest BCUT2D eigenvalue weighted by Gasteiger charge is -2.42. The van der Waals surface area contributed by atoms with Crippen LogP contribution in [0.1, 0.15) is 38.1 Å². The maximum Gasteiger partial charge on any atom is 0.318 e. The van der Waals surface area contributed by atoms with Gasteiger partial charge in [0.1, 0.15) is 5.01 Å². The first-order chi connectivity index (χ1) is 13.0. The lowest BCUT2D eigenvalue weighted by Crippen LogP contribution is -2.55. The predicted molar refractivity (Wildman–Crippen MR) is 104 cm³/mol. The van der Waals surface area contributed by atoms with Crippen molar-refractivity contribution in [3.05, 3.63) is 16.6 Å². The zero-order valence-corrected chi connectivity index (χ0v) is 17.0. The second-order valence-corrected chi connectivity index (χ2v) is 9.17. The molecule has 7 nitrogen and oxygen atoms in total. The van der Waals surface area contributed by atoms with Crippen LogP contribution in [0.4, 0.5) is 4.79 Å². The maximum absolute atomic E-state index is 12.7. The summed E-state index contributed by atoms with van der Waals surface area (Å²) >= 11 is 1.70. The van der Waals surface area contributed by atoms with Crippen LogP contribution in [0.3, 0.4) is 0 Å². The van der Waals surface area contributed by atoms with E-state index in [1.165, 1.54) is 0 Å². The Morgan fingerprint density at radius 3 is 2.74 bits per heavy atom. The highest BCUT2D eigenvalue weighted by Gasteiger charge is 2.46. The Kier molecular flexibility index (Phi) is 5.36. The number of likely N-dealkylation sites (tertiary alicyclic amines) is 2. The SMILES string of the molecule is CC(C)C(=O)N1CCC2C(C1)NC(=O)N2C1CCN(Cc2nccs2)CC1. The first kappa shape index (κ1) is 18.7. The molecule has 0 spiro atoms. The van der Waals surface area contributed by atoms with Crippen molar-refractivity contribution >= 4 is 23.3 Å². The van der Waals surface area contributed by atoms with Gasteiger partial charge in [-0.1, -0.05) is 13.8 Å². The summed E-state index contributed by atoms with van der Waals surface area (Å²) in [7, 11) is 0. The first-order valence-electron chi connectivity index (χ1n) is 10.0. The van der Waals surface area contributed by atoms with Gasteiger partial charge in [-0.3, -0.25) is 9.69 Å². The molecule has 2 unspecified atom stereocenters. The van der Waals surface area contributed by atoms with Crippen LogP contribution in [0.5, 0.6) is 0 Å². The fourth-order valence-corrected chi connectivity index (χ4v) is 5.34. The minimum Gasteiger partial charge on any atom is -0.340 e. The number of amides is 3. The Bertz CT molecular complexity index is 672. The van der Waals surface area contributed by atoms with E-state index in [1.807, 2.05) is 30.3 Å². The van der Waals surface area contributed by atoms with Gasteiger partial charge in [-0.25, -0.2) is 9.78 Å². The fourth-order valence-electron chi connectivity index (χ4n) is 4.68. The first-order valence-corrected chi connectivity index (χ1v) is 10.9. The number of hydrogen-bond acceptors (Lipinski definition) is 5. The molecule has 3 saturated heterocycles. The fraction of sp³-hybridized carbons (Fsp3) is 0.737. The number of fused-ring (bicyclic) bond motifs is 1. The van der Waals surface area contributed by atoms with Gasteiger partial charge in [0.05, 0.1) is 18.6 Å². The number of hydrogen-bond donors (Lipinski definition) is 1. The molecule has 2 atom stereocenters. The van der Waals surface area contributed by atoms with Crippen LogP contribution in [0.2, 0.25) is 0 Å². The van der Waals surface area contributed by atoms with Gasteiger partial charge in [0.25, 0.3) is 0 Å². The number of aromatic nitrogens is 1. The number of carbonyl (C=O) groups is 2. The Morgan fingerprint density at radius 1 is 1.30 bits per heavy atom. The van der Waals surface area contributed by atoms with E-state index in [4.69, 9.17) is 0 Å². The molecule has 3 aliphatic heterocycles. The Hall–Kier alpha value is -1.67. The van der Waals surface area contributed by atoms with E-state index in [0.29, 0.717) is 12.6 Å². The van der Waals surface area contributed by atoms with E-state index in [2.05, 4.69) is 20.1 Å². The molecule has 3 amide bonds. The molecule has 1 N–H and O–H groups in total. The van der Waals surface area contributed by atoms with Crippen LogP contribution >= 0.6 is 11.3 Å². The average Bonchev–Trinajstić information content (AvgIpc) is 3.28. The second kappa shape index (κ2) is 7.75. The van der Waals surface area contributed by atoms with Crippen molar-refractivity contribution in [2.45, 2.75) is 57.8 Å². The average molecular weight is 392 g/mol. The topological polar surface area (TPSA) is 68.8 Å². The number of piperidine rings is 2. The minimum absolute atomic E-state index is 0.0110. The zero-order chi connectivity index (χ0) is 19.0. The summed E-state index contributed by atoms with van der Waals surface area (Å²) in [5.74, 6) is 0.202. The third-order valence-corrected chi connectivity index (χ3v) is 6.84. The van der Waals surface area contributed by atoms with E-state index in [9.17, 15) is 9.59 Å². The summed E-state index contributed by atoms with van der Waals surface area (Å²) in [5.41, 5.74) is 0.